The Morgan fingerprint density at radius 1 is 1.12 bits per heavy atom. The summed E-state index contributed by atoms with van der Waals surface area (Å²) in [6.07, 6.45) is 2.65. The number of nitrogens with zero attached hydrogens (tertiary/aromatic N) is 2. The number of carbonyl (C=O) groups excluding carboxylic acids is 3. The molecule has 3 N–H and O–H groups in total. The van der Waals surface area contributed by atoms with Crippen molar-refractivity contribution in [2.24, 2.45) is 11.8 Å². The average molecular weight is 575 g/mol. The summed E-state index contributed by atoms with van der Waals surface area (Å²) in [5.74, 6) is -0.817. The minimum atomic E-state index is -0.644. The summed E-state index contributed by atoms with van der Waals surface area (Å²) in [7, 11) is 0. The number of aliphatic hydroxyl groups is 1. The van der Waals surface area contributed by atoms with Crippen molar-refractivity contribution < 1.29 is 29.0 Å². The summed E-state index contributed by atoms with van der Waals surface area (Å²) < 4.78 is 9.86. The molecule has 2 unspecified atom stereocenters. The van der Waals surface area contributed by atoms with E-state index < -0.39 is 27.4 Å². The monoisotopic (exact) mass is 574 g/mol. The Hall–Kier alpha value is -2.34. The number of carbonyl (C=O) groups is 3. The number of benzene rings is 1. The highest BCUT2D eigenvalue weighted by atomic mass is 32.2. The van der Waals surface area contributed by atoms with Crippen LogP contribution in [0.25, 0.3) is 0 Å². The van der Waals surface area contributed by atoms with Crippen molar-refractivity contribution in [2.75, 3.05) is 64.5 Å². The SMILES string of the molecule is CCOc1ccc(NC(=O)[C@@H]2[C@H]3C(=O)N(CCCCO)C(C(=O)NCCN4CCOCC4)C34CC[C@@]2(C)S4)cc1. The maximum atomic E-state index is 14.1. The first-order valence-corrected chi connectivity index (χ1v) is 15.4. The number of rotatable bonds is 12. The largest absolute Gasteiger partial charge is 0.494 e. The maximum Gasteiger partial charge on any atom is 0.244 e. The second-order valence-electron chi connectivity index (χ2n) is 11.4. The molecule has 220 valence electrons. The van der Waals surface area contributed by atoms with Crippen LogP contribution < -0.4 is 15.4 Å². The van der Waals surface area contributed by atoms with E-state index in [1.807, 2.05) is 31.2 Å². The molecule has 0 saturated carbocycles. The molecule has 4 heterocycles. The fourth-order valence-corrected chi connectivity index (χ4v) is 9.40. The van der Waals surface area contributed by atoms with E-state index in [-0.39, 0.29) is 24.3 Å². The first-order valence-electron chi connectivity index (χ1n) is 14.6. The van der Waals surface area contributed by atoms with Gasteiger partial charge in [-0.05, 0) is 63.8 Å². The number of unbranched alkanes of at least 4 members (excludes halogenated alkanes) is 1. The molecule has 2 bridgehead atoms. The van der Waals surface area contributed by atoms with E-state index in [0.29, 0.717) is 51.4 Å². The van der Waals surface area contributed by atoms with Gasteiger partial charge in [0.1, 0.15) is 11.8 Å². The molecule has 1 aromatic rings. The molecule has 5 atom stereocenters. The zero-order valence-electron chi connectivity index (χ0n) is 23.5. The number of amides is 3. The zero-order chi connectivity index (χ0) is 28.3. The van der Waals surface area contributed by atoms with Gasteiger partial charge in [-0.25, -0.2) is 0 Å². The van der Waals surface area contributed by atoms with Gasteiger partial charge in [-0.1, -0.05) is 0 Å². The van der Waals surface area contributed by atoms with E-state index >= 15 is 0 Å². The van der Waals surface area contributed by atoms with E-state index in [2.05, 4.69) is 22.5 Å². The molecule has 4 saturated heterocycles. The summed E-state index contributed by atoms with van der Waals surface area (Å²) >= 11 is 1.67. The lowest BCUT2D eigenvalue weighted by atomic mass is 9.66. The van der Waals surface area contributed by atoms with Crippen molar-refractivity contribution in [3.8, 4) is 5.75 Å². The maximum absolute atomic E-state index is 14.1. The van der Waals surface area contributed by atoms with Crippen LogP contribution >= 0.6 is 11.8 Å². The van der Waals surface area contributed by atoms with Gasteiger partial charge < -0.3 is 30.1 Å². The van der Waals surface area contributed by atoms with Crippen LogP contribution in [0.4, 0.5) is 5.69 Å². The third-order valence-electron chi connectivity index (χ3n) is 8.88. The number of fused-ring (bicyclic) bond motifs is 1. The van der Waals surface area contributed by atoms with Crippen LogP contribution in [0.1, 0.15) is 39.5 Å². The van der Waals surface area contributed by atoms with E-state index in [0.717, 1.165) is 38.2 Å². The molecular weight excluding hydrogens is 532 g/mol. The van der Waals surface area contributed by atoms with Crippen molar-refractivity contribution >= 4 is 35.2 Å². The topological polar surface area (TPSA) is 120 Å². The number of morpholine rings is 1. The fraction of sp³-hybridized carbons (Fsp3) is 0.690. The molecule has 1 aromatic carbocycles. The minimum Gasteiger partial charge on any atom is -0.494 e. The highest BCUT2D eigenvalue weighted by molar-refractivity contribution is 8.02. The van der Waals surface area contributed by atoms with Crippen molar-refractivity contribution in [1.29, 1.82) is 0 Å². The summed E-state index contributed by atoms with van der Waals surface area (Å²) in [5, 5.41) is 15.5. The second kappa shape index (κ2) is 12.3. The minimum absolute atomic E-state index is 0.0347. The van der Waals surface area contributed by atoms with Gasteiger partial charge >= 0.3 is 0 Å². The predicted octanol–water partition coefficient (Wildman–Crippen LogP) is 1.73. The molecule has 0 aromatic heterocycles. The van der Waals surface area contributed by atoms with Gasteiger partial charge in [0.25, 0.3) is 0 Å². The number of ether oxygens (including phenoxy) is 2. The molecule has 1 spiro atoms. The number of hydrogen-bond donors (Lipinski definition) is 3. The van der Waals surface area contributed by atoms with Crippen molar-refractivity contribution in [3.63, 3.8) is 0 Å². The Labute approximate surface area is 240 Å². The van der Waals surface area contributed by atoms with Crippen molar-refractivity contribution in [3.05, 3.63) is 24.3 Å². The fourth-order valence-electron chi connectivity index (χ4n) is 7.04. The van der Waals surface area contributed by atoms with Crippen molar-refractivity contribution in [1.82, 2.24) is 15.1 Å². The van der Waals surface area contributed by atoms with Gasteiger partial charge in [-0.3, -0.25) is 19.3 Å². The number of hydrogen-bond acceptors (Lipinski definition) is 8. The van der Waals surface area contributed by atoms with Gasteiger partial charge in [0.05, 0.1) is 36.4 Å². The molecule has 4 aliphatic heterocycles. The Kier molecular flexibility index (Phi) is 8.94. The standard InChI is InChI=1S/C29H42N4O6S/c1-3-39-21-8-6-20(7-9-21)31-25(35)22-23-27(37)33(13-4-5-17-34)24(29(23)11-10-28(22,2)40-29)26(36)30-12-14-32-15-18-38-19-16-32/h6-9,22-24,34H,3-5,10-19H2,1-2H3,(H,30,36)(H,31,35)/t22-,23-,24?,28+,29?/m0/s1. The van der Waals surface area contributed by atoms with Crippen molar-refractivity contribution in [2.45, 2.75) is 55.1 Å². The Balaban J connectivity index is 1.35. The molecule has 0 radical (unpaired) electrons. The van der Waals surface area contributed by atoms with Gasteiger partial charge in [0, 0.05) is 49.8 Å². The molecule has 40 heavy (non-hydrogen) atoms. The quantitative estimate of drug-likeness (QED) is 0.323. The lowest BCUT2D eigenvalue weighted by Gasteiger charge is -2.35. The van der Waals surface area contributed by atoms with E-state index in [1.54, 1.807) is 16.7 Å². The average Bonchev–Trinajstić information content (AvgIpc) is 3.51. The van der Waals surface area contributed by atoms with E-state index in [9.17, 15) is 19.5 Å². The van der Waals surface area contributed by atoms with Crippen LogP contribution in [-0.2, 0) is 19.1 Å². The number of anilines is 1. The lowest BCUT2D eigenvalue weighted by Crippen LogP contribution is -2.54. The third kappa shape index (κ3) is 5.45. The highest BCUT2D eigenvalue weighted by Gasteiger charge is 2.77. The van der Waals surface area contributed by atoms with Gasteiger partial charge in [0.15, 0.2) is 0 Å². The molecule has 3 amide bonds. The molecule has 4 fully saturated rings. The van der Waals surface area contributed by atoms with E-state index in [4.69, 9.17) is 9.47 Å². The second-order valence-corrected chi connectivity index (χ2v) is 13.3. The van der Waals surface area contributed by atoms with Crippen LogP contribution in [0, 0.1) is 11.8 Å². The Morgan fingerprint density at radius 2 is 1.88 bits per heavy atom. The first kappa shape index (κ1) is 29.2. The highest BCUT2D eigenvalue weighted by Crippen LogP contribution is 2.71. The normalized spacial score (nSPS) is 31.3. The third-order valence-corrected chi connectivity index (χ3v) is 10.9. The number of nitrogens with one attached hydrogen (secondary N) is 2. The number of thioether (sulfide) groups is 1. The van der Waals surface area contributed by atoms with Crippen LogP contribution in [0.3, 0.4) is 0 Å². The molecule has 11 heteroatoms. The molecule has 0 aliphatic carbocycles. The number of likely N-dealkylation sites (tertiary alicyclic amines) is 1. The van der Waals surface area contributed by atoms with Gasteiger partial charge in [-0.2, -0.15) is 0 Å². The Morgan fingerprint density at radius 3 is 2.58 bits per heavy atom. The van der Waals surface area contributed by atoms with Gasteiger partial charge in [-0.15, -0.1) is 11.8 Å². The summed E-state index contributed by atoms with van der Waals surface area (Å²) in [6.45, 7) is 9.29. The van der Waals surface area contributed by atoms with Crippen LogP contribution in [0.15, 0.2) is 24.3 Å². The number of aliphatic hydroxyl groups excluding tert-OH is 1. The molecule has 5 rings (SSSR count). The first-order chi connectivity index (χ1) is 19.3. The van der Waals surface area contributed by atoms with Crippen LogP contribution in [-0.4, -0.2) is 107 Å². The summed E-state index contributed by atoms with van der Waals surface area (Å²) in [4.78, 5) is 45.7. The summed E-state index contributed by atoms with van der Waals surface area (Å²) in [6, 6.07) is 6.62. The van der Waals surface area contributed by atoms with Gasteiger partial charge in [0.2, 0.25) is 17.7 Å². The van der Waals surface area contributed by atoms with Crippen LogP contribution in [0.2, 0.25) is 0 Å². The smallest absolute Gasteiger partial charge is 0.244 e. The molecule has 10 nitrogen and oxygen atoms in total. The van der Waals surface area contributed by atoms with E-state index in [1.165, 1.54) is 0 Å². The summed E-state index contributed by atoms with van der Waals surface area (Å²) in [5.41, 5.74) is 0.654. The zero-order valence-corrected chi connectivity index (χ0v) is 24.3. The predicted molar refractivity (Wildman–Crippen MR) is 153 cm³/mol. The molecular formula is C29H42N4O6S. The Bertz CT molecular complexity index is 1080. The molecule has 4 aliphatic rings. The lowest BCUT2D eigenvalue weighted by molar-refractivity contribution is -0.139. The van der Waals surface area contributed by atoms with Crippen LogP contribution in [0.5, 0.6) is 5.75 Å².